The molecule has 2 aromatic carbocycles. The number of aromatic nitrogens is 4. The molecule has 0 aliphatic heterocycles. The number of hydrogen-bond donors (Lipinski definition) is 1. The van der Waals surface area contributed by atoms with Crippen LogP contribution in [0.15, 0.2) is 84.2 Å². The molecule has 1 N–H and O–H groups in total. The lowest BCUT2D eigenvalue weighted by atomic mass is 9.83. The van der Waals surface area contributed by atoms with Crippen LogP contribution in [-0.4, -0.2) is 24.2 Å². The molecule has 0 unspecified atom stereocenters. The Bertz CT molecular complexity index is 1680. The molecular formula is C28H21ClN4O2. The molecule has 0 radical (unpaired) electrons. The molecule has 0 aliphatic rings. The highest BCUT2D eigenvalue weighted by atomic mass is 35.5. The molecule has 6 nitrogen and oxygen atoms in total. The number of aryl methyl sites for hydroxylation is 2. The van der Waals surface area contributed by atoms with Crippen molar-refractivity contribution < 1.29 is 5.11 Å². The highest BCUT2D eigenvalue weighted by molar-refractivity contribution is 6.30. The number of imidazole rings is 1. The molecule has 1 atom stereocenters. The summed E-state index contributed by atoms with van der Waals surface area (Å²) in [6.07, 6.45) is 10.4. The van der Waals surface area contributed by atoms with Crippen molar-refractivity contribution in [3.8, 4) is 23.5 Å². The van der Waals surface area contributed by atoms with E-state index in [0.29, 0.717) is 44.0 Å². The fourth-order valence-electron chi connectivity index (χ4n) is 4.40. The Hall–Kier alpha value is -4.18. The molecule has 0 fully saturated rings. The van der Waals surface area contributed by atoms with Crippen LogP contribution in [0.25, 0.3) is 22.2 Å². The lowest BCUT2D eigenvalue weighted by Crippen LogP contribution is -2.31. The quantitative estimate of drug-likeness (QED) is 0.390. The van der Waals surface area contributed by atoms with Crippen LogP contribution in [-0.2, 0) is 19.7 Å². The first-order chi connectivity index (χ1) is 16.8. The second kappa shape index (κ2) is 8.55. The van der Waals surface area contributed by atoms with Crippen LogP contribution in [0.1, 0.15) is 22.4 Å². The van der Waals surface area contributed by atoms with Crippen LogP contribution in [0.5, 0.6) is 0 Å². The molecule has 0 saturated carbocycles. The van der Waals surface area contributed by atoms with Gasteiger partial charge in [0.1, 0.15) is 5.65 Å². The zero-order valence-electron chi connectivity index (χ0n) is 19.1. The molecule has 7 heteroatoms. The molecule has 5 rings (SSSR count). The highest BCUT2D eigenvalue weighted by Crippen LogP contribution is 2.38. The number of nitrogens with zero attached hydrogens (tertiary/aromatic N) is 4. The number of benzene rings is 2. The Labute approximate surface area is 207 Å². The van der Waals surface area contributed by atoms with Crippen LogP contribution in [0.4, 0.5) is 0 Å². The van der Waals surface area contributed by atoms with Crippen molar-refractivity contribution in [3.63, 3.8) is 0 Å². The zero-order valence-corrected chi connectivity index (χ0v) is 19.9. The number of rotatable bonds is 4. The summed E-state index contributed by atoms with van der Waals surface area (Å²) in [4.78, 5) is 21.6. The molecule has 0 aliphatic carbocycles. The van der Waals surface area contributed by atoms with Gasteiger partial charge in [-0.2, -0.15) is 0 Å². The van der Waals surface area contributed by atoms with Crippen LogP contribution in [0.3, 0.4) is 0 Å². The van der Waals surface area contributed by atoms with Crippen LogP contribution in [0, 0.1) is 12.3 Å². The van der Waals surface area contributed by atoms with Gasteiger partial charge in [0, 0.05) is 47.9 Å². The summed E-state index contributed by atoms with van der Waals surface area (Å²) in [5.74, 6) is 2.64. The molecule has 0 spiro atoms. The smallest absolute Gasteiger partial charge is 0.252 e. The molecule has 172 valence electrons. The van der Waals surface area contributed by atoms with Crippen molar-refractivity contribution in [1.29, 1.82) is 0 Å². The number of halogens is 1. The molecule has 0 amide bonds. The minimum Gasteiger partial charge on any atom is -0.374 e. The third-order valence-corrected chi connectivity index (χ3v) is 6.53. The van der Waals surface area contributed by atoms with E-state index in [-0.39, 0.29) is 5.56 Å². The monoisotopic (exact) mass is 480 g/mol. The summed E-state index contributed by atoms with van der Waals surface area (Å²) < 4.78 is 3.25. The average Bonchev–Trinajstić information content (AvgIpc) is 3.32. The first kappa shape index (κ1) is 22.6. The first-order valence-electron chi connectivity index (χ1n) is 10.9. The Balaban J connectivity index is 1.84. The second-order valence-electron chi connectivity index (χ2n) is 8.38. The molecule has 5 aromatic rings. The van der Waals surface area contributed by atoms with Gasteiger partial charge in [0.2, 0.25) is 0 Å². The lowest BCUT2D eigenvalue weighted by molar-refractivity contribution is 0.117. The SMILES string of the molecule is C#Cc1cccc(-c2cc(=O)n(C)c3ncc([C@@](O)(c4ccc(Cl)cc4)c4cncn4C)cc23)c1. The van der Waals surface area contributed by atoms with Crippen molar-refractivity contribution in [2.24, 2.45) is 14.1 Å². The van der Waals surface area contributed by atoms with E-state index in [0.717, 1.165) is 5.56 Å². The molecule has 0 bridgehead atoms. The van der Waals surface area contributed by atoms with E-state index < -0.39 is 5.60 Å². The largest absolute Gasteiger partial charge is 0.374 e. The Kier molecular flexibility index (Phi) is 5.52. The van der Waals surface area contributed by atoms with Gasteiger partial charge in [0.15, 0.2) is 5.60 Å². The summed E-state index contributed by atoms with van der Waals surface area (Å²) >= 11 is 6.13. The van der Waals surface area contributed by atoms with Crippen molar-refractivity contribution in [2.45, 2.75) is 5.60 Å². The van der Waals surface area contributed by atoms with Crippen molar-refractivity contribution in [2.75, 3.05) is 0 Å². The van der Waals surface area contributed by atoms with E-state index in [1.165, 1.54) is 4.57 Å². The van der Waals surface area contributed by atoms with Gasteiger partial charge in [0.05, 0.1) is 18.2 Å². The standard InChI is InChI=1S/C28H21ClN4O2/c1-4-18-6-5-7-19(12-18)23-14-26(34)33(3)27-24(23)13-21(15-31-27)28(35,25-16-30-17-32(25)2)20-8-10-22(29)11-9-20/h1,5-17,35H,2-3H3/t28-/m0/s1. The third-order valence-electron chi connectivity index (χ3n) is 6.28. The zero-order chi connectivity index (χ0) is 24.7. The van der Waals surface area contributed by atoms with Gasteiger partial charge in [-0.1, -0.05) is 41.8 Å². The summed E-state index contributed by atoms with van der Waals surface area (Å²) in [6, 6.07) is 17.9. The predicted molar refractivity (Wildman–Crippen MR) is 137 cm³/mol. The van der Waals surface area contributed by atoms with Crippen molar-refractivity contribution in [3.05, 3.63) is 117 Å². The Morgan fingerprint density at radius 3 is 2.49 bits per heavy atom. The van der Waals surface area contributed by atoms with Gasteiger partial charge in [-0.15, -0.1) is 6.42 Å². The average molecular weight is 481 g/mol. The number of fused-ring (bicyclic) bond motifs is 1. The van der Waals surface area contributed by atoms with Crippen LogP contribution < -0.4 is 5.56 Å². The lowest BCUT2D eigenvalue weighted by Gasteiger charge is -2.30. The van der Waals surface area contributed by atoms with Crippen molar-refractivity contribution in [1.82, 2.24) is 19.1 Å². The first-order valence-corrected chi connectivity index (χ1v) is 11.2. The molecule has 35 heavy (non-hydrogen) atoms. The third kappa shape index (κ3) is 3.71. The number of terminal acetylenes is 1. The van der Waals surface area contributed by atoms with E-state index in [9.17, 15) is 9.90 Å². The maximum atomic E-state index is 12.8. The Morgan fingerprint density at radius 1 is 1.03 bits per heavy atom. The predicted octanol–water partition coefficient (Wildman–Crippen LogP) is 4.25. The summed E-state index contributed by atoms with van der Waals surface area (Å²) in [6.45, 7) is 0. The second-order valence-corrected chi connectivity index (χ2v) is 8.82. The topological polar surface area (TPSA) is 72.9 Å². The maximum absolute atomic E-state index is 12.8. The molecule has 0 saturated heterocycles. The van der Waals surface area contributed by atoms with Crippen LogP contribution in [0.2, 0.25) is 5.02 Å². The van der Waals surface area contributed by atoms with E-state index in [1.807, 2.05) is 37.4 Å². The van der Waals surface area contributed by atoms with Gasteiger partial charge in [0.25, 0.3) is 5.56 Å². The fraction of sp³-hybridized carbons (Fsp3) is 0.107. The molecule has 3 heterocycles. The number of aliphatic hydroxyl groups is 1. The fourth-order valence-corrected chi connectivity index (χ4v) is 4.52. The number of hydrogen-bond acceptors (Lipinski definition) is 4. The minimum absolute atomic E-state index is 0.196. The van der Waals surface area contributed by atoms with Gasteiger partial charge in [-0.3, -0.25) is 9.36 Å². The van der Waals surface area contributed by atoms with Gasteiger partial charge in [-0.05, 0) is 47.0 Å². The van der Waals surface area contributed by atoms with E-state index in [2.05, 4.69) is 15.9 Å². The van der Waals surface area contributed by atoms with E-state index in [4.69, 9.17) is 18.0 Å². The highest BCUT2D eigenvalue weighted by Gasteiger charge is 2.37. The summed E-state index contributed by atoms with van der Waals surface area (Å²) in [5.41, 5.74) is 2.56. The van der Waals surface area contributed by atoms with Gasteiger partial charge in [-0.25, -0.2) is 9.97 Å². The van der Waals surface area contributed by atoms with Crippen LogP contribution >= 0.6 is 11.6 Å². The number of pyridine rings is 2. The summed E-state index contributed by atoms with van der Waals surface area (Å²) in [5, 5.41) is 13.5. The van der Waals surface area contributed by atoms with Gasteiger partial charge < -0.3 is 9.67 Å². The molecule has 3 aromatic heterocycles. The van der Waals surface area contributed by atoms with E-state index in [1.54, 1.807) is 60.7 Å². The minimum atomic E-state index is -1.58. The van der Waals surface area contributed by atoms with Crippen molar-refractivity contribution >= 4 is 22.6 Å². The Morgan fingerprint density at radius 2 is 1.80 bits per heavy atom. The normalized spacial score (nSPS) is 12.9. The molecular weight excluding hydrogens is 460 g/mol. The maximum Gasteiger partial charge on any atom is 0.252 e. The van der Waals surface area contributed by atoms with E-state index >= 15 is 0 Å². The van der Waals surface area contributed by atoms with Gasteiger partial charge >= 0.3 is 0 Å². The summed E-state index contributed by atoms with van der Waals surface area (Å²) in [7, 11) is 3.49.